The fourth-order valence-corrected chi connectivity index (χ4v) is 17.1. The molecule has 452 valence electrons. The van der Waals surface area contributed by atoms with Gasteiger partial charge < -0.3 is 58.1 Å². The minimum absolute atomic E-state index is 0.0115. The van der Waals surface area contributed by atoms with Crippen LogP contribution in [0.25, 0.3) is 87.2 Å². The Morgan fingerprint density at radius 1 is 0.596 bits per heavy atom. The Morgan fingerprint density at radius 3 is 1.63 bits per heavy atom. The van der Waals surface area contributed by atoms with Crippen molar-refractivity contribution in [3.8, 4) is 0 Å². The number of benzene rings is 7. The van der Waals surface area contributed by atoms with Gasteiger partial charge in [0.15, 0.2) is 17.2 Å². The monoisotopic (exact) mass is 1190 g/mol. The molecule has 4 amide bonds. The quantitative estimate of drug-likeness (QED) is 0.119. The lowest BCUT2D eigenvalue weighted by molar-refractivity contribution is -0.268. The number of ketones is 1. The molecule has 8 atom stereocenters. The fourth-order valence-electron chi connectivity index (χ4n) is 17.1. The van der Waals surface area contributed by atoms with E-state index in [2.05, 4.69) is 126 Å². The van der Waals surface area contributed by atoms with Crippen molar-refractivity contribution in [1.29, 1.82) is 0 Å². The van der Waals surface area contributed by atoms with E-state index in [9.17, 15) is 24.0 Å². The van der Waals surface area contributed by atoms with Crippen molar-refractivity contribution in [1.82, 2.24) is 44.0 Å². The standard InChI is InChI=1S/C38H36N4O4.C33H33N5O5/c1-38-36(45-4)28(40(3)20-21-13-15-22(16-14-21)37(44)39-2)19-30(46-38)41-26-11-7-5-9-23(26)33-32-25(17-18-29(32)43)31-24-10-6-8-12-27(24)42(38)35(31)34(33)41;1-33-31(42-4)22(36(3)24(40)14-13-23(39)34-2)15-25(43-33)37-20-11-7-5-9-17(20)27-28-19(16-35-32(28)41)26-18-10-6-8-12-21(18)38(33)30(26)29(27)37/h5-16,28,30,36H,17-20H2,1-4H3,(H,39,44);5-12,22,25,31H,13-16H2,1-4H3,(H,34,39)(H,35,41)/t28-,30-,36-,38+;22-,25-,31-,33+/m11/s1. The van der Waals surface area contributed by atoms with E-state index < -0.39 is 23.8 Å². The van der Waals surface area contributed by atoms with E-state index >= 15 is 0 Å². The predicted octanol–water partition coefficient (Wildman–Crippen LogP) is 10.6. The Balaban J connectivity index is 0.000000143. The van der Waals surface area contributed by atoms with Crippen molar-refractivity contribution in [2.24, 2.45) is 0 Å². The van der Waals surface area contributed by atoms with Gasteiger partial charge in [0, 0.05) is 141 Å². The topological polar surface area (TPSA) is 185 Å². The molecular weight excluding hydrogens is 1120 g/mol. The molecule has 89 heavy (non-hydrogen) atoms. The van der Waals surface area contributed by atoms with Gasteiger partial charge in [-0.2, -0.15) is 0 Å². The van der Waals surface area contributed by atoms with Gasteiger partial charge in [0.1, 0.15) is 24.7 Å². The molecule has 0 spiro atoms. The molecule has 3 N–H and O–H groups in total. The maximum absolute atomic E-state index is 13.7. The van der Waals surface area contributed by atoms with E-state index in [0.717, 1.165) is 116 Å². The highest BCUT2D eigenvalue weighted by Crippen LogP contribution is 2.57. The number of nitrogens with zero attached hydrogens (tertiary/aromatic N) is 6. The number of carbonyl (C=O) groups excluding carboxylic acids is 5. The first-order valence-electron chi connectivity index (χ1n) is 30.9. The Hall–Kier alpha value is -8.91. The second-order valence-electron chi connectivity index (χ2n) is 25.2. The number of hydrogen-bond acceptors (Lipinski definition) is 10. The zero-order chi connectivity index (χ0) is 61.3. The summed E-state index contributed by atoms with van der Waals surface area (Å²) in [7, 11) is 10.6. The molecule has 6 aliphatic rings. The summed E-state index contributed by atoms with van der Waals surface area (Å²) < 4.78 is 36.5. The molecular formula is C71H69N9O9. The van der Waals surface area contributed by atoms with Crippen LogP contribution in [0, 0.1) is 0 Å². The van der Waals surface area contributed by atoms with Gasteiger partial charge in [-0.25, -0.2) is 0 Å². The van der Waals surface area contributed by atoms with Gasteiger partial charge in [-0.1, -0.05) is 84.9 Å². The van der Waals surface area contributed by atoms with Crippen LogP contribution < -0.4 is 16.0 Å². The molecule has 18 nitrogen and oxygen atoms in total. The van der Waals surface area contributed by atoms with Gasteiger partial charge in [0.05, 0.1) is 55.7 Å². The number of amides is 4. The highest BCUT2D eigenvalue weighted by atomic mass is 16.6. The van der Waals surface area contributed by atoms with E-state index in [1.165, 1.54) is 5.39 Å². The number of nitrogens with one attached hydrogen (secondary N) is 3. The molecule has 0 unspecified atom stereocenters. The second kappa shape index (κ2) is 20.1. The zero-order valence-corrected chi connectivity index (χ0v) is 51.0. The Bertz CT molecular complexity index is 4920. The SMILES string of the molecule is CNC(=O)CCC(=O)N(C)[C@@H]1C[C@H]2O[C@@](C)([C@@H]1OC)n1c3ccccc3c3c4c(c5c6ccccc6n2c5c31)C(=O)NC4.CNC(=O)c1ccc(CN(C)[C@@H]2C[C@H]3O[C@@](C)([C@@H]2OC)n2c4ccccc4c4c5c(c6c7ccccc7n3c6c42)C(=O)CC5)cc1. The second-order valence-corrected chi connectivity index (χ2v) is 25.2. The zero-order valence-electron chi connectivity index (χ0n) is 51.0. The minimum atomic E-state index is -1.02. The van der Waals surface area contributed by atoms with Gasteiger partial charge in [-0.3, -0.25) is 28.9 Å². The summed E-state index contributed by atoms with van der Waals surface area (Å²) in [5.41, 5.74) is 11.9. The number of fused-ring (bicyclic) bond motifs is 26. The number of likely N-dealkylation sites (N-methyl/N-ethyl adjacent to an activating group) is 2. The smallest absolute Gasteiger partial charge is 0.252 e. The van der Waals surface area contributed by atoms with Gasteiger partial charge in [-0.05, 0) is 80.4 Å². The number of carbonyl (C=O) groups is 5. The van der Waals surface area contributed by atoms with Crippen LogP contribution in [0.2, 0.25) is 0 Å². The first-order valence-corrected chi connectivity index (χ1v) is 30.9. The number of para-hydroxylation sites is 4. The lowest BCUT2D eigenvalue weighted by atomic mass is 9.91. The number of rotatable bonds is 10. The van der Waals surface area contributed by atoms with Crippen LogP contribution in [0.1, 0.15) is 106 Å². The molecule has 11 aromatic rings. The van der Waals surface area contributed by atoms with E-state index in [0.29, 0.717) is 37.9 Å². The summed E-state index contributed by atoms with van der Waals surface area (Å²) in [5.74, 6) is -0.233. The third-order valence-corrected chi connectivity index (χ3v) is 20.8. The van der Waals surface area contributed by atoms with E-state index in [-0.39, 0.29) is 66.7 Å². The average molecular weight is 1190 g/mol. The van der Waals surface area contributed by atoms with Gasteiger partial charge in [0.25, 0.3) is 11.8 Å². The highest BCUT2D eigenvalue weighted by molar-refractivity contribution is 6.33. The molecule has 0 saturated carbocycles. The van der Waals surface area contributed by atoms with E-state index in [1.54, 1.807) is 40.3 Å². The van der Waals surface area contributed by atoms with Crippen molar-refractivity contribution >= 4 is 117 Å². The van der Waals surface area contributed by atoms with Crippen LogP contribution in [-0.4, -0.2) is 124 Å². The van der Waals surface area contributed by atoms with Crippen molar-refractivity contribution in [2.75, 3.05) is 42.4 Å². The lowest BCUT2D eigenvalue weighted by Crippen LogP contribution is -2.61. The number of Topliss-reactive ketones (excluding diaryl/α,β-unsaturated/α-hetero) is 1. The molecule has 17 rings (SSSR count). The third kappa shape index (κ3) is 7.51. The van der Waals surface area contributed by atoms with Crippen LogP contribution in [0.15, 0.2) is 121 Å². The molecule has 7 aromatic carbocycles. The summed E-state index contributed by atoms with van der Waals surface area (Å²) >= 11 is 0. The molecule has 0 radical (unpaired) electrons. The molecule has 2 fully saturated rings. The van der Waals surface area contributed by atoms with Crippen LogP contribution in [0.4, 0.5) is 0 Å². The molecule has 2 saturated heterocycles. The normalized spacial score (nSPS) is 23.9. The predicted molar refractivity (Wildman–Crippen MR) is 342 cm³/mol. The Labute approximate surface area is 512 Å². The Morgan fingerprint density at radius 2 is 1.09 bits per heavy atom. The number of aromatic nitrogens is 4. The summed E-state index contributed by atoms with van der Waals surface area (Å²) in [6.07, 6.45) is 1.08. The van der Waals surface area contributed by atoms with Crippen molar-refractivity contribution in [3.63, 3.8) is 0 Å². The van der Waals surface area contributed by atoms with Gasteiger partial charge in [-0.15, -0.1) is 0 Å². The van der Waals surface area contributed by atoms with Gasteiger partial charge in [0.2, 0.25) is 11.8 Å². The fraction of sp³-hybridized carbons (Fsp3) is 0.338. The summed E-state index contributed by atoms with van der Waals surface area (Å²) in [4.78, 5) is 69.0. The van der Waals surface area contributed by atoms with Crippen LogP contribution in [0.5, 0.6) is 0 Å². The average Bonchev–Trinajstić information content (AvgIpc) is 1.52. The third-order valence-electron chi connectivity index (χ3n) is 20.8. The van der Waals surface area contributed by atoms with Crippen molar-refractivity contribution < 1.29 is 42.9 Å². The summed E-state index contributed by atoms with van der Waals surface area (Å²) in [6.45, 7) is 5.36. The number of methoxy groups -OCH3 is 2. The van der Waals surface area contributed by atoms with Crippen LogP contribution >= 0.6 is 0 Å². The molecule has 5 aliphatic heterocycles. The maximum atomic E-state index is 13.7. The van der Waals surface area contributed by atoms with Crippen molar-refractivity contribution in [2.45, 2.75) is 114 Å². The van der Waals surface area contributed by atoms with Crippen LogP contribution in [-0.2, 0) is 59.5 Å². The molecule has 18 heteroatoms. The number of aryl methyl sites for hydroxylation is 1. The number of ether oxygens (including phenoxy) is 4. The molecule has 4 aromatic heterocycles. The number of hydrogen-bond donors (Lipinski definition) is 3. The van der Waals surface area contributed by atoms with Gasteiger partial charge >= 0.3 is 0 Å². The van der Waals surface area contributed by atoms with E-state index in [4.69, 9.17) is 18.9 Å². The lowest BCUT2D eigenvalue weighted by Gasteiger charge is -2.50. The molecule has 4 bridgehead atoms. The summed E-state index contributed by atoms with van der Waals surface area (Å²) in [6, 6.07) is 40.9. The largest absolute Gasteiger partial charge is 0.375 e. The molecule has 1 aliphatic carbocycles. The minimum Gasteiger partial charge on any atom is -0.375 e. The Kier molecular flexibility index (Phi) is 12.5. The molecule has 9 heterocycles. The van der Waals surface area contributed by atoms with Crippen LogP contribution in [0.3, 0.4) is 0 Å². The maximum Gasteiger partial charge on any atom is 0.252 e. The first kappa shape index (κ1) is 55.4. The first-order chi connectivity index (χ1) is 43.1. The highest BCUT2D eigenvalue weighted by Gasteiger charge is 2.57. The van der Waals surface area contributed by atoms with Crippen molar-refractivity contribution in [3.05, 3.63) is 155 Å². The summed E-state index contributed by atoms with van der Waals surface area (Å²) in [5, 5.41) is 16.9. The van der Waals surface area contributed by atoms with E-state index in [1.807, 2.05) is 55.5 Å².